The van der Waals surface area contributed by atoms with E-state index in [1.54, 1.807) is 0 Å². The van der Waals surface area contributed by atoms with Crippen molar-refractivity contribution >= 4 is 38.3 Å². The number of primary amides is 1. The highest BCUT2D eigenvalue weighted by Crippen LogP contribution is 2.22. The Morgan fingerprint density at radius 1 is 1.21 bits per heavy atom. The Labute approximate surface area is 166 Å². The van der Waals surface area contributed by atoms with E-state index < -0.39 is 21.8 Å². The fourth-order valence-corrected chi connectivity index (χ4v) is 5.12. The van der Waals surface area contributed by atoms with Crippen molar-refractivity contribution in [2.75, 3.05) is 18.4 Å². The highest BCUT2D eigenvalue weighted by molar-refractivity contribution is 7.89. The normalized spacial score (nSPS) is 20.6. The van der Waals surface area contributed by atoms with Crippen LogP contribution in [-0.2, 0) is 14.8 Å². The van der Waals surface area contributed by atoms with Crippen molar-refractivity contribution in [3.63, 3.8) is 0 Å². The summed E-state index contributed by atoms with van der Waals surface area (Å²) >= 11 is 0.959. The van der Waals surface area contributed by atoms with Gasteiger partial charge < -0.3 is 10.5 Å². The first-order valence-corrected chi connectivity index (χ1v) is 10.7. The van der Waals surface area contributed by atoms with Crippen molar-refractivity contribution in [1.29, 1.82) is 0 Å². The number of rotatable bonds is 5. The summed E-state index contributed by atoms with van der Waals surface area (Å²) in [6.07, 6.45) is 0.905. The molecule has 3 rings (SSSR count). The number of hydrogen-bond acceptors (Lipinski definition) is 7. The number of anilines is 1. The Kier molecular flexibility index (Phi) is 5.79. The van der Waals surface area contributed by atoms with Crippen molar-refractivity contribution in [3.05, 3.63) is 40.9 Å². The van der Waals surface area contributed by atoms with E-state index in [9.17, 15) is 18.0 Å². The Morgan fingerprint density at radius 2 is 1.82 bits per heavy atom. The summed E-state index contributed by atoms with van der Waals surface area (Å²) in [5.41, 5.74) is 5.42. The lowest BCUT2D eigenvalue weighted by atomic mass is 10.2. The van der Waals surface area contributed by atoms with Gasteiger partial charge in [0.25, 0.3) is 11.8 Å². The molecule has 11 heteroatoms. The number of benzene rings is 1. The third-order valence-corrected chi connectivity index (χ3v) is 6.88. The van der Waals surface area contributed by atoms with Crippen molar-refractivity contribution < 1.29 is 22.7 Å². The molecule has 2 heterocycles. The summed E-state index contributed by atoms with van der Waals surface area (Å²) in [6.45, 7) is 4.21. The minimum Gasteiger partial charge on any atom is -0.373 e. The smallest absolute Gasteiger partial charge is 0.260 e. The van der Waals surface area contributed by atoms with Gasteiger partial charge in [-0.15, -0.1) is 0 Å². The predicted molar refractivity (Wildman–Crippen MR) is 104 cm³/mol. The van der Waals surface area contributed by atoms with E-state index in [0.717, 1.165) is 11.3 Å². The number of ether oxygens (including phenoxy) is 1. The Bertz CT molecular complexity index is 977. The summed E-state index contributed by atoms with van der Waals surface area (Å²) in [5, 5.41) is 2.78. The van der Waals surface area contributed by atoms with Crippen LogP contribution in [0.4, 0.5) is 5.13 Å². The molecule has 2 aromatic rings. The highest BCUT2D eigenvalue weighted by Gasteiger charge is 2.32. The SMILES string of the molecule is CC1CN(S(=O)(=O)c2ccc(C(=O)Nc3ncc(C(N)=O)s3)cc2)CC(C)O1. The van der Waals surface area contributed by atoms with Crippen LogP contribution in [0.2, 0.25) is 0 Å². The van der Waals surface area contributed by atoms with E-state index in [1.165, 1.54) is 34.8 Å². The van der Waals surface area contributed by atoms with E-state index in [2.05, 4.69) is 10.3 Å². The zero-order valence-electron chi connectivity index (χ0n) is 15.3. The lowest BCUT2D eigenvalue weighted by molar-refractivity contribution is -0.0440. The number of nitrogens with one attached hydrogen (secondary N) is 1. The Morgan fingerprint density at radius 3 is 2.36 bits per heavy atom. The molecule has 1 saturated heterocycles. The van der Waals surface area contributed by atoms with Gasteiger partial charge in [0.05, 0.1) is 23.3 Å². The summed E-state index contributed by atoms with van der Waals surface area (Å²) in [7, 11) is -3.68. The summed E-state index contributed by atoms with van der Waals surface area (Å²) < 4.78 is 32.6. The summed E-state index contributed by atoms with van der Waals surface area (Å²) in [5.74, 6) is -1.10. The van der Waals surface area contributed by atoms with Crippen molar-refractivity contribution in [2.45, 2.75) is 31.0 Å². The predicted octanol–water partition coefficient (Wildman–Crippen LogP) is 1.29. The third kappa shape index (κ3) is 4.38. The van der Waals surface area contributed by atoms with Crippen LogP contribution in [0.3, 0.4) is 0 Å². The van der Waals surface area contributed by atoms with Crippen LogP contribution in [0.15, 0.2) is 35.4 Å². The first-order chi connectivity index (χ1) is 13.2. The molecule has 0 aliphatic carbocycles. The van der Waals surface area contributed by atoms with E-state index in [1.807, 2.05) is 13.8 Å². The molecule has 1 aromatic heterocycles. The number of carbonyl (C=O) groups excluding carboxylic acids is 2. The standard InChI is InChI=1S/C17H20N4O5S2/c1-10-8-21(9-11(2)26-10)28(24,25)13-5-3-12(4-6-13)16(23)20-17-19-7-14(27-17)15(18)22/h3-7,10-11H,8-9H2,1-2H3,(H2,18,22)(H,19,20,23). The van der Waals surface area contributed by atoms with Gasteiger partial charge in [0, 0.05) is 18.7 Å². The maximum atomic E-state index is 12.8. The van der Waals surface area contributed by atoms with Gasteiger partial charge in [0.1, 0.15) is 4.88 Å². The average Bonchev–Trinajstić information content (AvgIpc) is 3.10. The van der Waals surface area contributed by atoms with Gasteiger partial charge in [-0.25, -0.2) is 13.4 Å². The van der Waals surface area contributed by atoms with Crippen LogP contribution in [0.1, 0.15) is 33.9 Å². The molecule has 9 nitrogen and oxygen atoms in total. The molecular weight excluding hydrogens is 404 g/mol. The van der Waals surface area contributed by atoms with Crippen LogP contribution in [-0.4, -0.2) is 54.8 Å². The second kappa shape index (κ2) is 7.95. The van der Waals surface area contributed by atoms with Gasteiger partial charge in [-0.3, -0.25) is 14.9 Å². The molecule has 2 amide bonds. The number of morpholine rings is 1. The topological polar surface area (TPSA) is 132 Å². The number of aromatic nitrogens is 1. The van der Waals surface area contributed by atoms with Gasteiger partial charge in [-0.05, 0) is 38.1 Å². The molecule has 28 heavy (non-hydrogen) atoms. The van der Waals surface area contributed by atoms with Crippen molar-refractivity contribution in [3.8, 4) is 0 Å². The zero-order valence-corrected chi connectivity index (χ0v) is 16.9. The molecule has 1 aliphatic heterocycles. The fraction of sp³-hybridized carbons (Fsp3) is 0.353. The molecule has 2 atom stereocenters. The number of nitrogens with two attached hydrogens (primary N) is 1. The third-order valence-electron chi connectivity index (χ3n) is 4.11. The molecule has 1 aromatic carbocycles. The second-order valence-corrected chi connectivity index (χ2v) is 9.42. The number of sulfonamides is 1. The summed E-state index contributed by atoms with van der Waals surface area (Å²) in [6, 6.07) is 5.65. The van der Waals surface area contributed by atoms with E-state index in [-0.39, 0.29) is 45.8 Å². The second-order valence-electron chi connectivity index (χ2n) is 6.45. The van der Waals surface area contributed by atoms with Crippen LogP contribution in [0.25, 0.3) is 0 Å². The fourth-order valence-electron chi connectivity index (χ4n) is 2.87. The van der Waals surface area contributed by atoms with Crippen LogP contribution < -0.4 is 11.1 Å². The molecule has 0 saturated carbocycles. The van der Waals surface area contributed by atoms with Gasteiger partial charge in [0.2, 0.25) is 10.0 Å². The molecule has 3 N–H and O–H groups in total. The summed E-state index contributed by atoms with van der Waals surface area (Å²) in [4.78, 5) is 27.6. The average molecular weight is 425 g/mol. The molecule has 2 unspecified atom stereocenters. The number of carbonyl (C=O) groups is 2. The molecule has 150 valence electrons. The Hall–Kier alpha value is -2.34. The van der Waals surface area contributed by atoms with Crippen LogP contribution >= 0.6 is 11.3 Å². The molecule has 0 radical (unpaired) electrons. The first kappa shape index (κ1) is 20.4. The maximum absolute atomic E-state index is 12.8. The first-order valence-electron chi connectivity index (χ1n) is 8.49. The van der Waals surface area contributed by atoms with E-state index in [0.29, 0.717) is 0 Å². The minimum atomic E-state index is -3.68. The van der Waals surface area contributed by atoms with Gasteiger partial charge in [-0.2, -0.15) is 4.31 Å². The van der Waals surface area contributed by atoms with Crippen molar-refractivity contribution in [1.82, 2.24) is 9.29 Å². The largest absolute Gasteiger partial charge is 0.373 e. The lowest BCUT2D eigenvalue weighted by Crippen LogP contribution is -2.48. The quantitative estimate of drug-likeness (QED) is 0.743. The maximum Gasteiger partial charge on any atom is 0.260 e. The van der Waals surface area contributed by atoms with Gasteiger partial charge >= 0.3 is 0 Å². The number of amides is 2. The molecule has 1 aliphatic rings. The van der Waals surface area contributed by atoms with Crippen LogP contribution in [0, 0.1) is 0 Å². The van der Waals surface area contributed by atoms with E-state index in [4.69, 9.17) is 10.5 Å². The lowest BCUT2D eigenvalue weighted by Gasteiger charge is -2.34. The highest BCUT2D eigenvalue weighted by atomic mass is 32.2. The number of hydrogen-bond donors (Lipinski definition) is 2. The van der Waals surface area contributed by atoms with Gasteiger partial charge in [0.15, 0.2) is 5.13 Å². The minimum absolute atomic E-state index is 0.107. The number of nitrogens with zero attached hydrogens (tertiary/aromatic N) is 2. The molecule has 0 spiro atoms. The van der Waals surface area contributed by atoms with Crippen LogP contribution in [0.5, 0.6) is 0 Å². The molecule has 1 fully saturated rings. The molecular formula is C17H20N4O5S2. The molecule has 0 bridgehead atoms. The zero-order chi connectivity index (χ0) is 20.5. The van der Waals surface area contributed by atoms with E-state index >= 15 is 0 Å². The van der Waals surface area contributed by atoms with Gasteiger partial charge in [-0.1, -0.05) is 11.3 Å². The van der Waals surface area contributed by atoms with Crippen molar-refractivity contribution in [2.24, 2.45) is 5.73 Å². The monoisotopic (exact) mass is 424 g/mol. The number of thiazole rings is 1. The Balaban J connectivity index is 1.73.